The van der Waals surface area contributed by atoms with E-state index < -0.39 is 26.6 Å². The van der Waals surface area contributed by atoms with E-state index in [0.29, 0.717) is 18.1 Å². The summed E-state index contributed by atoms with van der Waals surface area (Å²) < 4.78 is 55.0. The molecule has 120 valence electrons. The number of fused-ring (bicyclic) bond motifs is 1. The van der Waals surface area contributed by atoms with Crippen molar-refractivity contribution >= 4 is 26.6 Å². The van der Waals surface area contributed by atoms with E-state index >= 15 is 0 Å². The normalized spacial score (nSPS) is 11.8. The third-order valence-corrected chi connectivity index (χ3v) is 4.73. The Hall–Kier alpha value is -2.48. The zero-order valence-electron chi connectivity index (χ0n) is 12.1. The van der Waals surface area contributed by atoms with Gasteiger partial charge in [0.2, 0.25) is 0 Å². The number of nitrogens with one attached hydrogen (secondary N) is 1. The lowest BCUT2D eigenvalue weighted by atomic mass is 10.2. The van der Waals surface area contributed by atoms with Gasteiger partial charge in [-0.25, -0.2) is 17.2 Å². The van der Waals surface area contributed by atoms with Crippen LogP contribution in [0.5, 0.6) is 0 Å². The predicted molar refractivity (Wildman–Crippen MR) is 82.6 cm³/mol. The maximum absolute atomic E-state index is 13.7. The minimum atomic E-state index is -4.15. The van der Waals surface area contributed by atoms with Gasteiger partial charge in [0.15, 0.2) is 0 Å². The van der Waals surface area contributed by atoms with Gasteiger partial charge in [0.05, 0.1) is 11.2 Å². The molecule has 0 radical (unpaired) electrons. The van der Waals surface area contributed by atoms with Crippen LogP contribution in [0.15, 0.2) is 47.5 Å². The van der Waals surface area contributed by atoms with Crippen molar-refractivity contribution in [3.63, 3.8) is 0 Å². The molecule has 0 bridgehead atoms. The molecule has 5 nitrogen and oxygen atoms in total. The summed E-state index contributed by atoms with van der Waals surface area (Å²) in [6, 6.07) is 7.14. The maximum atomic E-state index is 13.7. The Bertz CT molecular complexity index is 984. The van der Waals surface area contributed by atoms with Gasteiger partial charge in [-0.3, -0.25) is 9.40 Å². The Morgan fingerprint density at radius 2 is 1.96 bits per heavy atom. The highest BCUT2D eigenvalue weighted by Gasteiger charge is 2.20. The molecule has 23 heavy (non-hydrogen) atoms. The Balaban J connectivity index is 1.96. The summed E-state index contributed by atoms with van der Waals surface area (Å²) in [5.41, 5.74) is 0.870. The van der Waals surface area contributed by atoms with E-state index in [1.54, 1.807) is 22.9 Å². The van der Waals surface area contributed by atoms with E-state index in [-0.39, 0.29) is 5.69 Å². The van der Waals surface area contributed by atoms with Crippen molar-refractivity contribution in [2.75, 3.05) is 4.72 Å². The number of nitrogens with zero attached hydrogens (tertiary/aromatic N) is 2. The second kappa shape index (κ2) is 5.62. The summed E-state index contributed by atoms with van der Waals surface area (Å²) >= 11 is 0. The van der Waals surface area contributed by atoms with Gasteiger partial charge in [0.1, 0.15) is 16.5 Å². The lowest BCUT2D eigenvalue weighted by molar-refractivity contribution is 0.551. The highest BCUT2D eigenvalue weighted by atomic mass is 32.2. The van der Waals surface area contributed by atoms with Crippen molar-refractivity contribution in [2.24, 2.45) is 0 Å². The molecule has 1 N–H and O–H groups in total. The van der Waals surface area contributed by atoms with Crippen LogP contribution in [0, 0.1) is 11.6 Å². The molecule has 0 atom stereocenters. The topological polar surface area (TPSA) is 64.0 Å². The van der Waals surface area contributed by atoms with Crippen molar-refractivity contribution in [3.05, 3.63) is 54.2 Å². The first-order chi connectivity index (χ1) is 10.9. The molecule has 0 aliphatic rings. The van der Waals surface area contributed by atoms with Crippen molar-refractivity contribution in [1.82, 2.24) is 9.78 Å². The van der Waals surface area contributed by atoms with E-state index in [0.717, 1.165) is 17.5 Å². The molecule has 1 aromatic heterocycles. The van der Waals surface area contributed by atoms with Crippen LogP contribution in [0.4, 0.5) is 14.5 Å². The molecule has 0 aliphatic carbocycles. The largest absolute Gasteiger partial charge is 0.279 e. The first-order valence-corrected chi connectivity index (χ1v) is 8.32. The third kappa shape index (κ3) is 3.02. The summed E-state index contributed by atoms with van der Waals surface area (Å²) in [4.78, 5) is -0.613. The number of hydrogen-bond acceptors (Lipinski definition) is 3. The van der Waals surface area contributed by atoms with Gasteiger partial charge >= 0.3 is 0 Å². The second-order valence-electron chi connectivity index (χ2n) is 4.94. The molecule has 8 heteroatoms. The highest BCUT2D eigenvalue weighted by Crippen LogP contribution is 2.22. The van der Waals surface area contributed by atoms with E-state index in [1.807, 2.05) is 13.1 Å². The van der Waals surface area contributed by atoms with Crippen LogP contribution < -0.4 is 4.72 Å². The molecular weight excluding hydrogens is 324 g/mol. The summed E-state index contributed by atoms with van der Waals surface area (Å²) in [7, 11) is -4.15. The molecular formula is C15H13F2N3O2S. The molecule has 0 saturated carbocycles. The standard InChI is InChI=1S/C15H13F2N3O2S/c1-2-20-9-10-3-5-12(8-14(10)18-20)19-23(21,22)15-6-4-11(16)7-13(15)17/h3-9,19H,2H2,1H3. The van der Waals surface area contributed by atoms with Gasteiger partial charge in [-0.05, 0) is 37.3 Å². The Kier molecular flexibility index (Phi) is 3.77. The van der Waals surface area contributed by atoms with Gasteiger partial charge < -0.3 is 0 Å². The summed E-state index contributed by atoms with van der Waals surface area (Å²) in [6.45, 7) is 2.63. The fourth-order valence-corrected chi connectivity index (χ4v) is 3.31. The summed E-state index contributed by atoms with van der Waals surface area (Å²) in [6.07, 6.45) is 1.84. The fraction of sp³-hybridized carbons (Fsp3) is 0.133. The molecule has 0 amide bonds. The Morgan fingerprint density at radius 3 is 2.65 bits per heavy atom. The minimum Gasteiger partial charge on any atom is -0.279 e. The van der Waals surface area contributed by atoms with Gasteiger partial charge in [-0.1, -0.05) is 0 Å². The van der Waals surface area contributed by atoms with Gasteiger partial charge in [0.25, 0.3) is 10.0 Å². The maximum Gasteiger partial charge on any atom is 0.264 e. The number of aryl methyl sites for hydroxylation is 1. The highest BCUT2D eigenvalue weighted by molar-refractivity contribution is 7.92. The molecule has 2 aromatic carbocycles. The number of hydrogen-bond donors (Lipinski definition) is 1. The number of sulfonamides is 1. The van der Waals surface area contributed by atoms with Gasteiger partial charge in [-0.15, -0.1) is 0 Å². The molecule has 3 rings (SSSR count). The van der Waals surface area contributed by atoms with Crippen molar-refractivity contribution in [3.8, 4) is 0 Å². The predicted octanol–water partition coefficient (Wildman–Crippen LogP) is 3.14. The molecule has 1 heterocycles. The van der Waals surface area contributed by atoms with Crippen LogP contribution in [0.2, 0.25) is 0 Å². The monoisotopic (exact) mass is 337 g/mol. The lowest BCUT2D eigenvalue weighted by Gasteiger charge is -2.08. The third-order valence-electron chi connectivity index (χ3n) is 3.31. The summed E-state index contributed by atoms with van der Waals surface area (Å²) in [5.74, 6) is -1.98. The minimum absolute atomic E-state index is 0.252. The van der Waals surface area contributed by atoms with Gasteiger partial charge in [-0.2, -0.15) is 5.10 Å². The fourth-order valence-electron chi connectivity index (χ4n) is 2.20. The van der Waals surface area contributed by atoms with Crippen LogP contribution in [0.1, 0.15) is 6.92 Å². The molecule has 0 aliphatic heterocycles. The number of anilines is 1. The number of rotatable bonds is 4. The van der Waals surface area contributed by atoms with Crippen LogP contribution in [0.25, 0.3) is 10.9 Å². The average Bonchev–Trinajstić information content (AvgIpc) is 2.88. The smallest absolute Gasteiger partial charge is 0.264 e. The first kappa shape index (κ1) is 15.4. The molecule has 0 unspecified atom stereocenters. The zero-order valence-corrected chi connectivity index (χ0v) is 12.9. The second-order valence-corrected chi connectivity index (χ2v) is 6.59. The quantitative estimate of drug-likeness (QED) is 0.795. The van der Waals surface area contributed by atoms with Crippen LogP contribution in [0.3, 0.4) is 0 Å². The van der Waals surface area contributed by atoms with E-state index in [2.05, 4.69) is 9.82 Å². The average molecular weight is 337 g/mol. The summed E-state index contributed by atoms with van der Waals surface area (Å²) in [5, 5.41) is 5.15. The van der Waals surface area contributed by atoms with E-state index in [4.69, 9.17) is 0 Å². The first-order valence-electron chi connectivity index (χ1n) is 6.84. The van der Waals surface area contributed by atoms with Crippen LogP contribution in [-0.2, 0) is 16.6 Å². The molecule has 3 aromatic rings. The van der Waals surface area contributed by atoms with Crippen molar-refractivity contribution in [2.45, 2.75) is 18.4 Å². The zero-order chi connectivity index (χ0) is 16.6. The van der Waals surface area contributed by atoms with E-state index in [1.165, 1.54) is 0 Å². The Labute approximate surface area is 131 Å². The van der Waals surface area contributed by atoms with Crippen molar-refractivity contribution < 1.29 is 17.2 Å². The van der Waals surface area contributed by atoms with Crippen LogP contribution >= 0.6 is 0 Å². The molecule has 0 saturated heterocycles. The van der Waals surface area contributed by atoms with E-state index in [9.17, 15) is 17.2 Å². The van der Waals surface area contributed by atoms with Crippen molar-refractivity contribution in [1.29, 1.82) is 0 Å². The van der Waals surface area contributed by atoms with Crippen LogP contribution in [-0.4, -0.2) is 18.2 Å². The SMILES string of the molecule is CCn1cc2ccc(NS(=O)(=O)c3ccc(F)cc3F)cc2n1. The van der Waals surface area contributed by atoms with Gasteiger partial charge in [0, 0.05) is 24.2 Å². The number of halogens is 2. The Morgan fingerprint density at radius 1 is 1.17 bits per heavy atom. The number of benzene rings is 2. The lowest BCUT2D eigenvalue weighted by Crippen LogP contribution is -2.14. The molecule has 0 spiro atoms. The molecule has 0 fully saturated rings. The number of aromatic nitrogens is 2.